The van der Waals surface area contributed by atoms with E-state index in [1.54, 1.807) is 0 Å². The molecule has 3 nitrogen and oxygen atoms in total. The van der Waals surface area contributed by atoms with Gasteiger partial charge in [-0.3, -0.25) is 14.6 Å². The molecule has 0 N–H and O–H groups in total. The fraction of sp³-hybridized carbons (Fsp3) is 0.308. The summed E-state index contributed by atoms with van der Waals surface area (Å²) in [6, 6.07) is 7.41. The van der Waals surface area contributed by atoms with Crippen LogP contribution < -0.4 is 0 Å². The van der Waals surface area contributed by atoms with E-state index in [1.807, 2.05) is 24.3 Å². The number of halogens is 1. The van der Waals surface area contributed by atoms with E-state index >= 15 is 0 Å². The summed E-state index contributed by atoms with van der Waals surface area (Å²) < 4.78 is 0.973. The number of nitrogens with zero attached hydrogens (tertiary/aromatic N) is 1. The Hall–Kier alpha value is -1.29. The van der Waals surface area contributed by atoms with Crippen molar-refractivity contribution >= 4 is 39.4 Å². The predicted molar refractivity (Wildman–Crippen MR) is 69.6 cm³/mol. The first-order valence-electron chi connectivity index (χ1n) is 5.52. The van der Waals surface area contributed by atoms with Crippen LogP contribution >= 0.6 is 15.9 Å². The second-order valence-corrected chi connectivity index (χ2v) is 4.93. The molecule has 0 unspecified atom stereocenters. The van der Waals surface area contributed by atoms with Gasteiger partial charge < -0.3 is 0 Å². The molecule has 0 aromatic heterocycles. The summed E-state index contributed by atoms with van der Waals surface area (Å²) in [6.07, 6.45) is 3.14. The molecule has 17 heavy (non-hydrogen) atoms. The average molecular weight is 294 g/mol. The van der Waals surface area contributed by atoms with E-state index in [-0.39, 0.29) is 11.6 Å². The molecule has 0 bridgehead atoms. The third kappa shape index (κ3) is 3.09. The standard InChI is InChI=1S/C13H12BrNO2/c14-9-4-6-10(7-5-9)15-8-11-12(16)2-1-3-13(11)17/h4-8,11H,1-3H2. The van der Waals surface area contributed by atoms with Crippen molar-refractivity contribution in [3.8, 4) is 0 Å². The SMILES string of the molecule is O=C1CCCC(=O)C1C=Nc1ccc(Br)cc1. The smallest absolute Gasteiger partial charge is 0.148 e. The topological polar surface area (TPSA) is 46.5 Å². The maximum Gasteiger partial charge on any atom is 0.148 e. The molecular formula is C13H12BrNO2. The minimum atomic E-state index is -0.632. The molecular weight excluding hydrogens is 282 g/mol. The highest BCUT2D eigenvalue weighted by Gasteiger charge is 2.28. The first kappa shape index (κ1) is 12.2. The number of carbonyl (C=O) groups is 2. The van der Waals surface area contributed by atoms with Crippen LogP contribution in [0.15, 0.2) is 33.7 Å². The normalized spacial score (nSPS) is 17.9. The maximum atomic E-state index is 11.6. The van der Waals surface area contributed by atoms with Gasteiger partial charge in [0.2, 0.25) is 0 Å². The Bertz CT molecular complexity index is 449. The highest BCUT2D eigenvalue weighted by atomic mass is 79.9. The van der Waals surface area contributed by atoms with Crippen molar-refractivity contribution in [1.82, 2.24) is 0 Å². The molecule has 0 radical (unpaired) electrons. The van der Waals surface area contributed by atoms with Crippen molar-refractivity contribution in [3.63, 3.8) is 0 Å². The summed E-state index contributed by atoms with van der Waals surface area (Å²) in [5, 5.41) is 0. The first-order valence-corrected chi connectivity index (χ1v) is 6.31. The van der Waals surface area contributed by atoms with Gasteiger partial charge in [-0.25, -0.2) is 0 Å². The fourth-order valence-electron chi connectivity index (χ4n) is 1.78. The van der Waals surface area contributed by atoms with Crippen LogP contribution in [0.5, 0.6) is 0 Å². The largest absolute Gasteiger partial charge is 0.298 e. The third-order valence-electron chi connectivity index (χ3n) is 2.74. The Balaban J connectivity index is 2.11. The Kier molecular flexibility index (Phi) is 3.84. The number of Topliss-reactive ketones (excluding diaryl/α,β-unsaturated/α-hetero) is 2. The van der Waals surface area contributed by atoms with Crippen molar-refractivity contribution < 1.29 is 9.59 Å². The van der Waals surface area contributed by atoms with Gasteiger partial charge in [-0.1, -0.05) is 15.9 Å². The van der Waals surface area contributed by atoms with Gasteiger partial charge in [-0.05, 0) is 30.7 Å². The van der Waals surface area contributed by atoms with E-state index < -0.39 is 5.92 Å². The Morgan fingerprint density at radius 1 is 1.12 bits per heavy atom. The number of benzene rings is 1. The van der Waals surface area contributed by atoms with Crippen molar-refractivity contribution in [1.29, 1.82) is 0 Å². The fourth-order valence-corrected chi connectivity index (χ4v) is 2.05. The summed E-state index contributed by atoms with van der Waals surface area (Å²) in [7, 11) is 0. The van der Waals surface area contributed by atoms with E-state index in [1.165, 1.54) is 6.21 Å². The van der Waals surface area contributed by atoms with Crippen LogP contribution in [0.3, 0.4) is 0 Å². The number of carbonyl (C=O) groups excluding carboxylic acids is 2. The summed E-state index contributed by atoms with van der Waals surface area (Å²) >= 11 is 3.33. The van der Waals surface area contributed by atoms with Gasteiger partial charge in [0, 0.05) is 23.5 Å². The number of ketones is 2. The van der Waals surface area contributed by atoms with E-state index in [9.17, 15) is 9.59 Å². The van der Waals surface area contributed by atoms with Gasteiger partial charge in [0.1, 0.15) is 17.5 Å². The highest BCUT2D eigenvalue weighted by Crippen LogP contribution is 2.19. The number of hydrogen-bond acceptors (Lipinski definition) is 3. The Labute approximate surface area is 108 Å². The summed E-state index contributed by atoms with van der Waals surface area (Å²) in [4.78, 5) is 27.3. The molecule has 0 spiro atoms. The van der Waals surface area contributed by atoms with Crippen LogP contribution in [-0.2, 0) is 9.59 Å². The molecule has 1 aliphatic rings. The number of aliphatic imine (C=N–C) groups is 1. The van der Waals surface area contributed by atoms with Crippen LogP contribution in [0, 0.1) is 5.92 Å². The third-order valence-corrected chi connectivity index (χ3v) is 3.27. The van der Waals surface area contributed by atoms with Crippen LogP contribution in [0.1, 0.15) is 19.3 Å². The minimum absolute atomic E-state index is 0.0119. The van der Waals surface area contributed by atoms with Gasteiger partial charge in [0.05, 0.1) is 5.69 Å². The molecule has 0 atom stereocenters. The Morgan fingerprint density at radius 3 is 2.29 bits per heavy atom. The van der Waals surface area contributed by atoms with Gasteiger partial charge in [0.25, 0.3) is 0 Å². The lowest BCUT2D eigenvalue weighted by molar-refractivity contribution is -0.132. The van der Waals surface area contributed by atoms with E-state index in [4.69, 9.17) is 0 Å². The zero-order valence-electron chi connectivity index (χ0n) is 9.23. The molecule has 1 aromatic carbocycles. The molecule has 0 heterocycles. The predicted octanol–water partition coefficient (Wildman–Crippen LogP) is 3.09. The molecule has 0 aliphatic heterocycles. The lowest BCUT2D eigenvalue weighted by atomic mass is 9.87. The summed E-state index contributed by atoms with van der Waals surface area (Å²) in [5.41, 5.74) is 0.749. The van der Waals surface area contributed by atoms with Crippen LogP contribution in [-0.4, -0.2) is 17.8 Å². The van der Waals surface area contributed by atoms with Crippen LogP contribution in [0.25, 0.3) is 0 Å². The molecule has 0 saturated heterocycles. The molecule has 1 fully saturated rings. The average Bonchev–Trinajstić information content (AvgIpc) is 2.31. The molecule has 1 aliphatic carbocycles. The zero-order chi connectivity index (χ0) is 12.3. The summed E-state index contributed by atoms with van der Waals surface area (Å²) in [5.74, 6) is -0.656. The molecule has 1 saturated carbocycles. The van der Waals surface area contributed by atoms with Crippen molar-refractivity contribution in [2.45, 2.75) is 19.3 Å². The first-order chi connectivity index (χ1) is 8.16. The van der Waals surface area contributed by atoms with Gasteiger partial charge >= 0.3 is 0 Å². The van der Waals surface area contributed by atoms with Gasteiger partial charge in [0.15, 0.2) is 0 Å². The lowest BCUT2D eigenvalue weighted by Gasteiger charge is -2.14. The van der Waals surface area contributed by atoms with E-state index in [0.717, 1.165) is 10.2 Å². The molecule has 88 valence electrons. The second-order valence-electron chi connectivity index (χ2n) is 4.02. The van der Waals surface area contributed by atoms with Crippen molar-refractivity contribution in [3.05, 3.63) is 28.7 Å². The van der Waals surface area contributed by atoms with Gasteiger partial charge in [-0.15, -0.1) is 0 Å². The highest BCUT2D eigenvalue weighted by molar-refractivity contribution is 9.10. The monoisotopic (exact) mass is 293 g/mol. The second kappa shape index (κ2) is 5.36. The van der Waals surface area contributed by atoms with Crippen molar-refractivity contribution in [2.24, 2.45) is 10.9 Å². The quantitative estimate of drug-likeness (QED) is 0.621. The molecule has 1 aromatic rings. The van der Waals surface area contributed by atoms with Crippen LogP contribution in [0.4, 0.5) is 5.69 Å². The van der Waals surface area contributed by atoms with Crippen LogP contribution in [0.2, 0.25) is 0 Å². The van der Waals surface area contributed by atoms with Gasteiger partial charge in [-0.2, -0.15) is 0 Å². The minimum Gasteiger partial charge on any atom is -0.298 e. The number of hydrogen-bond donors (Lipinski definition) is 0. The van der Waals surface area contributed by atoms with E-state index in [2.05, 4.69) is 20.9 Å². The maximum absolute atomic E-state index is 11.6. The Morgan fingerprint density at radius 2 is 1.71 bits per heavy atom. The summed E-state index contributed by atoms with van der Waals surface area (Å²) in [6.45, 7) is 0. The lowest BCUT2D eigenvalue weighted by Crippen LogP contribution is -2.29. The van der Waals surface area contributed by atoms with Crippen molar-refractivity contribution in [2.75, 3.05) is 0 Å². The zero-order valence-corrected chi connectivity index (χ0v) is 10.8. The molecule has 2 rings (SSSR count). The van der Waals surface area contributed by atoms with E-state index in [0.29, 0.717) is 19.3 Å². The molecule has 4 heteroatoms. The molecule has 0 amide bonds. The number of rotatable bonds is 2.